The molecule has 0 radical (unpaired) electrons. The van der Waals surface area contributed by atoms with Gasteiger partial charge < -0.3 is 19.5 Å². The summed E-state index contributed by atoms with van der Waals surface area (Å²) in [4.78, 5) is 0. The number of rotatable bonds is 5. The second-order valence-corrected chi connectivity index (χ2v) is 5.51. The minimum absolute atomic E-state index is 0.0967. The van der Waals surface area contributed by atoms with E-state index in [1.807, 2.05) is 25.1 Å². The Kier molecular flexibility index (Phi) is 4.72. The molecule has 0 saturated carbocycles. The summed E-state index contributed by atoms with van der Waals surface area (Å²) >= 11 is 0. The molecule has 122 valence electrons. The van der Waals surface area contributed by atoms with Crippen LogP contribution in [0.25, 0.3) is 0 Å². The van der Waals surface area contributed by atoms with Crippen LogP contribution < -0.4 is 19.5 Å². The van der Waals surface area contributed by atoms with Crippen molar-refractivity contribution >= 4 is 0 Å². The molecule has 2 aromatic rings. The van der Waals surface area contributed by atoms with Gasteiger partial charge >= 0.3 is 0 Å². The summed E-state index contributed by atoms with van der Waals surface area (Å²) in [7, 11) is 3.35. The molecule has 0 amide bonds. The van der Waals surface area contributed by atoms with E-state index in [0.717, 1.165) is 35.8 Å². The third-order valence-corrected chi connectivity index (χ3v) is 4.22. The van der Waals surface area contributed by atoms with Gasteiger partial charge in [-0.2, -0.15) is 0 Å². The fraction of sp³-hybridized carbons (Fsp3) is 0.368. The van der Waals surface area contributed by atoms with Crippen molar-refractivity contribution in [3.63, 3.8) is 0 Å². The lowest BCUT2D eigenvalue weighted by Crippen LogP contribution is -2.30. The number of methoxy groups -OCH3 is 2. The molecule has 4 heteroatoms. The molecular formula is C19H23NO3. The molecule has 3 rings (SSSR count). The Labute approximate surface area is 137 Å². The van der Waals surface area contributed by atoms with Gasteiger partial charge in [-0.05, 0) is 42.7 Å². The highest BCUT2D eigenvalue weighted by Gasteiger charge is 2.25. The van der Waals surface area contributed by atoms with Crippen molar-refractivity contribution in [1.29, 1.82) is 0 Å². The Morgan fingerprint density at radius 3 is 2.70 bits per heavy atom. The summed E-state index contributed by atoms with van der Waals surface area (Å²) in [5.74, 6) is 2.48. The van der Waals surface area contributed by atoms with Crippen LogP contribution in [-0.2, 0) is 6.42 Å². The summed E-state index contributed by atoms with van der Waals surface area (Å²) in [6, 6.07) is 12.4. The smallest absolute Gasteiger partial charge is 0.165 e. The molecule has 2 aromatic carbocycles. The first-order valence-corrected chi connectivity index (χ1v) is 7.98. The van der Waals surface area contributed by atoms with Crippen LogP contribution in [-0.4, -0.2) is 27.4 Å². The molecular weight excluding hydrogens is 290 g/mol. The quantitative estimate of drug-likeness (QED) is 0.919. The molecule has 23 heavy (non-hydrogen) atoms. The number of fused-ring (bicyclic) bond motifs is 1. The van der Waals surface area contributed by atoms with Crippen LogP contribution in [0, 0.1) is 0 Å². The van der Waals surface area contributed by atoms with Gasteiger partial charge in [-0.15, -0.1) is 0 Å². The largest absolute Gasteiger partial charge is 0.494 e. The van der Waals surface area contributed by atoms with E-state index in [1.54, 1.807) is 14.2 Å². The van der Waals surface area contributed by atoms with Gasteiger partial charge in [0.1, 0.15) is 5.75 Å². The van der Waals surface area contributed by atoms with Gasteiger partial charge in [0.25, 0.3) is 0 Å². The van der Waals surface area contributed by atoms with Gasteiger partial charge in [-0.25, -0.2) is 0 Å². The minimum atomic E-state index is 0.0967. The topological polar surface area (TPSA) is 39.7 Å². The van der Waals surface area contributed by atoms with E-state index in [4.69, 9.17) is 14.2 Å². The van der Waals surface area contributed by atoms with Crippen molar-refractivity contribution in [3.8, 4) is 17.2 Å². The van der Waals surface area contributed by atoms with Crippen molar-refractivity contribution in [2.75, 3.05) is 27.4 Å². The fourth-order valence-electron chi connectivity index (χ4n) is 3.21. The molecule has 0 bridgehead atoms. The van der Waals surface area contributed by atoms with Crippen molar-refractivity contribution in [2.45, 2.75) is 19.4 Å². The second-order valence-electron chi connectivity index (χ2n) is 5.51. The van der Waals surface area contributed by atoms with Crippen LogP contribution in [0.2, 0.25) is 0 Å². The van der Waals surface area contributed by atoms with Crippen molar-refractivity contribution in [2.24, 2.45) is 0 Å². The predicted molar refractivity (Wildman–Crippen MR) is 90.7 cm³/mol. The standard InChI is InChI=1S/C19H23NO3/c1-4-23-14-8-9-15-13(12-14)10-11-20-18(15)16-6-5-7-17(21-2)19(16)22-3/h5-9,12,18,20H,4,10-11H2,1-3H3. The van der Waals surface area contributed by atoms with E-state index < -0.39 is 0 Å². The van der Waals surface area contributed by atoms with Crippen LogP contribution in [0.4, 0.5) is 0 Å². The first-order valence-electron chi connectivity index (χ1n) is 7.98. The highest BCUT2D eigenvalue weighted by atomic mass is 16.5. The number of hydrogen-bond donors (Lipinski definition) is 1. The van der Waals surface area contributed by atoms with Gasteiger partial charge in [0.15, 0.2) is 11.5 Å². The normalized spacial score (nSPS) is 16.6. The molecule has 1 aliphatic rings. The first kappa shape index (κ1) is 15.7. The van der Waals surface area contributed by atoms with Crippen molar-refractivity contribution in [1.82, 2.24) is 5.32 Å². The van der Waals surface area contributed by atoms with Crippen LogP contribution in [0.5, 0.6) is 17.2 Å². The summed E-state index contributed by atoms with van der Waals surface area (Å²) in [5, 5.41) is 3.59. The van der Waals surface area contributed by atoms with Crippen LogP contribution >= 0.6 is 0 Å². The van der Waals surface area contributed by atoms with Gasteiger partial charge in [-0.3, -0.25) is 0 Å². The number of para-hydroxylation sites is 1. The maximum Gasteiger partial charge on any atom is 0.165 e. The van der Waals surface area contributed by atoms with Gasteiger partial charge in [0.05, 0.1) is 26.9 Å². The summed E-state index contributed by atoms with van der Waals surface area (Å²) < 4.78 is 16.7. The number of hydrogen-bond acceptors (Lipinski definition) is 4. The number of nitrogens with one attached hydrogen (secondary N) is 1. The Morgan fingerprint density at radius 2 is 1.96 bits per heavy atom. The van der Waals surface area contributed by atoms with Crippen LogP contribution in [0.3, 0.4) is 0 Å². The number of benzene rings is 2. The van der Waals surface area contributed by atoms with E-state index in [0.29, 0.717) is 6.61 Å². The molecule has 4 nitrogen and oxygen atoms in total. The Balaban J connectivity index is 2.04. The average molecular weight is 313 g/mol. The lowest BCUT2D eigenvalue weighted by Gasteiger charge is -2.29. The molecule has 1 heterocycles. The predicted octanol–water partition coefficient (Wildman–Crippen LogP) is 3.34. The van der Waals surface area contributed by atoms with Gasteiger partial charge in [0, 0.05) is 12.1 Å². The average Bonchev–Trinajstić information content (AvgIpc) is 2.60. The molecule has 1 N–H and O–H groups in total. The molecule has 0 spiro atoms. The zero-order valence-electron chi connectivity index (χ0n) is 13.9. The molecule has 1 aliphatic heterocycles. The number of ether oxygens (including phenoxy) is 3. The maximum atomic E-state index is 5.63. The summed E-state index contributed by atoms with van der Waals surface area (Å²) in [6.07, 6.45) is 0.999. The Morgan fingerprint density at radius 1 is 1.09 bits per heavy atom. The van der Waals surface area contributed by atoms with E-state index in [2.05, 4.69) is 23.5 Å². The van der Waals surface area contributed by atoms with E-state index in [-0.39, 0.29) is 6.04 Å². The lowest BCUT2D eigenvalue weighted by molar-refractivity contribution is 0.339. The molecule has 0 fully saturated rings. The molecule has 1 atom stereocenters. The van der Waals surface area contributed by atoms with Gasteiger partial charge in [0.2, 0.25) is 0 Å². The Bertz CT molecular complexity index is 684. The van der Waals surface area contributed by atoms with Crippen molar-refractivity contribution < 1.29 is 14.2 Å². The first-order chi connectivity index (χ1) is 11.3. The fourth-order valence-corrected chi connectivity index (χ4v) is 3.21. The molecule has 1 unspecified atom stereocenters. The molecule has 0 aliphatic carbocycles. The van der Waals surface area contributed by atoms with Crippen LogP contribution in [0.1, 0.15) is 29.7 Å². The Hall–Kier alpha value is -2.20. The van der Waals surface area contributed by atoms with E-state index >= 15 is 0 Å². The minimum Gasteiger partial charge on any atom is -0.494 e. The van der Waals surface area contributed by atoms with Crippen molar-refractivity contribution in [3.05, 3.63) is 53.1 Å². The summed E-state index contributed by atoms with van der Waals surface area (Å²) in [5.41, 5.74) is 3.69. The highest BCUT2D eigenvalue weighted by Crippen LogP contribution is 2.39. The van der Waals surface area contributed by atoms with Crippen LogP contribution in [0.15, 0.2) is 36.4 Å². The lowest BCUT2D eigenvalue weighted by atomic mass is 9.89. The van der Waals surface area contributed by atoms with E-state index in [9.17, 15) is 0 Å². The second kappa shape index (κ2) is 6.92. The molecule has 0 aromatic heterocycles. The zero-order chi connectivity index (χ0) is 16.2. The van der Waals surface area contributed by atoms with Gasteiger partial charge in [-0.1, -0.05) is 18.2 Å². The maximum absolute atomic E-state index is 5.63. The summed E-state index contributed by atoms with van der Waals surface area (Å²) in [6.45, 7) is 3.61. The molecule has 0 saturated heterocycles. The third kappa shape index (κ3) is 2.99. The SMILES string of the molecule is CCOc1ccc2c(c1)CCNC2c1cccc(OC)c1OC. The monoisotopic (exact) mass is 313 g/mol. The third-order valence-electron chi connectivity index (χ3n) is 4.22. The highest BCUT2D eigenvalue weighted by molar-refractivity contribution is 5.53. The zero-order valence-corrected chi connectivity index (χ0v) is 13.9. The van der Waals surface area contributed by atoms with E-state index in [1.165, 1.54) is 11.1 Å².